The Kier molecular flexibility index (Phi) is 4.67. The van der Waals surface area contributed by atoms with Crippen LogP contribution in [0.15, 0.2) is 23.3 Å². The minimum Gasteiger partial charge on any atom is -0.461 e. The molecule has 4 aliphatic carbocycles. The van der Waals surface area contributed by atoms with Gasteiger partial charge >= 0.3 is 11.9 Å². The molecule has 2 saturated carbocycles. The lowest BCUT2D eigenvalue weighted by atomic mass is 9.60. The van der Waals surface area contributed by atoms with Crippen molar-refractivity contribution in [2.45, 2.75) is 71.2 Å². The van der Waals surface area contributed by atoms with Crippen molar-refractivity contribution in [1.82, 2.24) is 0 Å². The first-order valence-corrected chi connectivity index (χ1v) is 10.9. The lowest BCUT2D eigenvalue weighted by molar-refractivity contribution is -0.186. The molecule has 4 rings (SSSR count). The standard InChI is InChI=1S/C24H32O7/c1-12-7-18-22(28,20(12)27)10-16(11-30-14(3)25)8-17-19-21(5,6)23(19,31-15(4)26)9-13(2)24(17,18)29/h7-8,13,17-19,28-29H,9-11H2,1-6H3/t13-,17+,18-,19+,22-,23+,24-/m1/s1. The van der Waals surface area contributed by atoms with Crippen molar-refractivity contribution in [2.24, 2.45) is 29.1 Å². The van der Waals surface area contributed by atoms with Gasteiger partial charge in [-0.15, -0.1) is 0 Å². The van der Waals surface area contributed by atoms with Crippen LogP contribution >= 0.6 is 0 Å². The van der Waals surface area contributed by atoms with Crippen LogP contribution in [0.4, 0.5) is 0 Å². The molecule has 31 heavy (non-hydrogen) atoms. The minimum absolute atomic E-state index is 0.0170. The molecular formula is C24H32O7. The molecule has 0 amide bonds. The van der Waals surface area contributed by atoms with Gasteiger partial charge in [0.05, 0.1) is 5.60 Å². The summed E-state index contributed by atoms with van der Waals surface area (Å²) in [6.07, 6.45) is 3.99. The number of ether oxygens (including phenoxy) is 2. The molecule has 0 aliphatic heterocycles. The number of esters is 2. The molecule has 2 fully saturated rings. The van der Waals surface area contributed by atoms with E-state index in [4.69, 9.17) is 9.47 Å². The average molecular weight is 433 g/mol. The minimum atomic E-state index is -1.80. The zero-order chi connectivity index (χ0) is 23.1. The monoisotopic (exact) mass is 432 g/mol. The first kappa shape index (κ1) is 22.2. The zero-order valence-electron chi connectivity index (χ0n) is 19.0. The third kappa shape index (κ3) is 2.75. The molecule has 7 heteroatoms. The summed E-state index contributed by atoms with van der Waals surface area (Å²) < 4.78 is 11.1. The van der Waals surface area contributed by atoms with E-state index in [2.05, 4.69) is 0 Å². The summed E-state index contributed by atoms with van der Waals surface area (Å²) in [5.74, 6) is -3.06. The number of ketones is 1. The summed E-state index contributed by atoms with van der Waals surface area (Å²) >= 11 is 0. The highest BCUT2D eigenvalue weighted by Crippen LogP contribution is 2.76. The molecule has 0 aromatic carbocycles. The average Bonchev–Trinajstić information content (AvgIpc) is 3.04. The van der Waals surface area contributed by atoms with Crippen LogP contribution < -0.4 is 0 Å². The Labute approximate surface area is 182 Å². The quantitative estimate of drug-likeness (QED) is 0.519. The predicted molar refractivity (Wildman–Crippen MR) is 111 cm³/mol. The summed E-state index contributed by atoms with van der Waals surface area (Å²) in [5.41, 5.74) is -3.31. The van der Waals surface area contributed by atoms with Crippen LogP contribution in [0.2, 0.25) is 0 Å². The zero-order valence-corrected chi connectivity index (χ0v) is 19.0. The highest BCUT2D eigenvalue weighted by Gasteiger charge is 2.83. The Hall–Kier alpha value is -1.99. The molecule has 2 N–H and O–H groups in total. The van der Waals surface area contributed by atoms with Crippen molar-refractivity contribution in [2.75, 3.05) is 6.61 Å². The van der Waals surface area contributed by atoms with Crippen LogP contribution in [-0.4, -0.2) is 51.3 Å². The molecule has 0 saturated heterocycles. The molecule has 170 valence electrons. The van der Waals surface area contributed by atoms with Crippen molar-refractivity contribution in [3.63, 3.8) is 0 Å². The van der Waals surface area contributed by atoms with Crippen LogP contribution in [0, 0.1) is 29.1 Å². The van der Waals surface area contributed by atoms with Crippen LogP contribution in [0.1, 0.15) is 54.4 Å². The number of Topliss-reactive ketones (excluding diaryl/α,β-unsaturated/α-hetero) is 1. The van der Waals surface area contributed by atoms with Gasteiger partial charge in [0.2, 0.25) is 0 Å². The molecule has 0 spiro atoms. The molecule has 0 aromatic rings. The summed E-state index contributed by atoms with van der Waals surface area (Å²) in [6, 6.07) is 0. The van der Waals surface area contributed by atoms with E-state index in [1.165, 1.54) is 13.8 Å². The fraction of sp³-hybridized carbons (Fsp3) is 0.708. The van der Waals surface area contributed by atoms with E-state index in [0.717, 1.165) is 0 Å². The van der Waals surface area contributed by atoms with Crippen molar-refractivity contribution in [1.29, 1.82) is 0 Å². The summed E-state index contributed by atoms with van der Waals surface area (Å²) in [6.45, 7) is 10.2. The summed E-state index contributed by atoms with van der Waals surface area (Å²) in [7, 11) is 0. The van der Waals surface area contributed by atoms with Gasteiger partial charge in [-0.25, -0.2) is 0 Å². The topological polar surface area (TPSA) is 110 Å². The van der Waals surface area contributed by atoms with E-state index in [0.29, 0.717) is 17.6 Å². The van der Waals surface area contributed by atoms with Gasteiger partial charge in [0.15, 0.2) is 5.78 Å². The Bertz CT molecular complexity index is 930. The van der Waals surface area contributed by atoms with Crippen molar-refractivity contribution in [3.05, 3.63) is 23.3 Å². The van der Waals surface area contributed by atoms with Gasteiger partial charge in [0.25, 0.3) is 0 Å². The van der Waals surface area contributed by atoms with Crippen LogP contribution in [-0.2, 0) is 23.9 Å². The van der Waals surface area contributed by atoms with Gasteiger partial charge in [0.1, 0.15) is 17.8 Å². The van der Waals surface area contributed by atoms with E-state index in [-0.39, 0.29) is 30.8 Å². The van der Waals surface area contributed by atoms with Gasteiger partial charge in [-0.2, -0.15) is 0 Å². The molecule has 0 unspecified atom stereocenters. The maximum atomic E-state index is 13.0. The molecule has 0 heterocycles. The van der Waals surface area contributed by atoms with Gasteiger partial charge < -0.3 is 19.7 Å². The highest BCUT2D eigenvalue weighted by atomic mass is 16.6. The molecule has 7 nitrogen and oxygen atoms in total. The first-order valence-electron chi connectivity index (χ1n) is 10.9. The Balaban J connectivity index is 1.87. The smallest absolute Gasteiger partial charge is 0.303 e. The lowest BCUT2D eigenvalue weighted by Gasteiger charge is -2.50. The lowest BCUT2D eigenvalue weighted by Crippen LogP contribution is -2.61. The maximum absolute atomic E-state index is 13.0. The number of hydrogen-bond acceptors (Lipinski definition) is 7. The van der Waals surface area contributed by atoms with Gasteiger partial charge in [-0.1, -0.05) is 32.9 Å². The Morgan fingerprint density at radius 3 is 2.39 bits per heavy atom. The maximum Gasteiger partial charge on any atom is 0.303 e. The number of fused-ring (bicyclic) bond motifs is 5. The second kappa shape index (κ2) is 6.51. The predicted octanol–water partition coefficient (Wildman–Crippen LogP) is 2.10. The largest absolute Gasteiger partial charge is 0.461 e. The van der Waals surface area contributed by atoms with Gasteiger partial charge in [-0.05, 0) is 30.4 Å². The van der Waals surface area contributed by atoms with E-state index >= 15 is 0 Å². The highest BCUT2D eigenvalue weighted by molar-refractivity contribution is 6.04. The molecule has 4 aliphatic rings. The second-order valence-corrected chi connectivity index (χ2v) is 10.6. The van der Waals surface area contributed by atoms with Crippen molar-refractivity contribution >= 4 is 17.7 Å². The number of carbonyl (C=O) groups is 3. The molecule has 0 bridgehead atoms. The Morgan fingerprint density at radius 1 is 1.16 bits per heavy atom. The summed E-state index contributed by atoms with van der Waals surface area (Å²) in [5, 5.41) is 23.8. The number of rotatable bonds is 3. The third-order valence-electron chi connectivity index (χ3n) is 8.46. The van der Waals surface area contributed by atoms with Crippen LogP contribution in [0.25, 0.3) is 0 Å². The molecular weight excluding hydrogens is 400 g/mol. The van der Waals surface area contributed by atoms with E-state index in [9.17, 15) is 24.6 Å². The number of aliphatic hydroxyl groups is 2. The molecule has 7 atom stereocenters. The second-order valence-electron chi connectivity index (χ2n) is 10.6. The molecule has 0 aromatic heterocycles. The van der Waals surface area contributed by atoms with E-state index in [1.807, 2.05) is 26.8 Å². The van der Waals surface area contributed by atoms with E-state index in [1.54, 1.807) is 13.0 Å². The van der Waals surface area contributed by atoms with Gasteiger partial charge in [0, 0.05) is 43.4 Å². The molecule has 0 radical (unpaired) electrons. The normalized spacial score (nSPS) is 44.7. The van der Waals surface area contributed by atoms with Crippen molar-refractivity contribution < 1.29 is 34.1 Å². The van der Waals surface area contributed by atoms with E-state index < -0.39 is 45.8 Å². The first-order chi connectivity index (χ1) is 14.2. The van der Waals surface area contributed by atoms with Gasteiger partial charge in [-0.3, -0.25) is 14.4 Å². The number of carbonyl (C=O) groups excluding carboxylic acids is 3. The third-order valence-corrected chi connectivity index (χ3v) is 8.46. The van der Waals surface area contributed by atoms with Crippen molar-refractivity contribution in [3.8, 4) is 0 Å². The SMILES string of the molecule is CC(=O)OCC1=C[C@H]2[C@H]3C(C)(C)[C@]3(OC(C)=O)C[C@@H](C)[C@]2(O)[C@@H]2C=C(C)C(=O)[C@@]2(O)C1. The fourth-order valence-corrected chi connectivity index (χ4v) is 7.04. The number of hydrogen-bond donors (Lipinski definition) is 2. The Morgan fingerprint density at radius 2 is 1.81 bits per heavy atom. The van der Waals surface area contributed by atoms with Crippen LogP contribution in [0.5, 0.6) is 0 Å². The van der Waals surface area contributed by atoms with Crippen LogP contribution in [0.3, 0.4) is 0 Å². The fourth-order valence-electron chi connectivity index (χ4n) is 7.04. The summed E-state index contributed by atoms with van der Waals surface area (Å²) in [4.78, 5) is 36.4.